The van der Waals surface area contributed by atoms with Crippen LogP contribution in [0.5, 0.6) is 11.5 Å². The van der Waals surface area contributed by atoms with Gasteiger partial charge in [-0.2, -0.15) is 0 Å². The number of rotatable bonds is 6. The highest BCUT2D eigenvalue weighted by molar-refractivity contribution is 5.75. The molecule has 0 aliphatic carbocycles. The average Bonchev–Trinajstić information content (AvgIpc) is 2.55. The van der Waals surface area contributed by atoms with E-state index in [9.17, 15) is 0 Å². The van der Waals surface area contributed by atoms with Crippen LogP contribution < -0.4 is 14.8 Å². The third-order valence-corrected chi connectivity index (χ3v) is 3.98. The molecule has 0 unspecified atom stereocenters. The van der Waals surface area contributed by atoms with Gasteiger partial charge in [0.05, 0.1) is 0 Å². The topological polar surface area (TPSA) is 30.5 Å². The van der Waals surface area contributed by atoms with Gasteiger partial charge in [-0.25, -0.2) is 0 Å². The van der Waals surface area contributed by atoms with Gasteiger partial charge in [0, 0.05) is 18.7 Å². The van der Waals surface area contributed by atoms with Crippen molar-refractivity contribution in [1.82, 2.24) is 5.32 Å². The zero-order valence-electron chi connectivity index (χ0n) is 14.6. The van der Waals surface area contributed by atoms with Crippen molar-refractivity contribution in [2.75, 3.05) is 19.7 Å². The van der Waals surface area contributed by atoms with Gasteiger partial charge in [0.2, 0.25) is 0 Å². The van der Waals surface area contributed by atoms with Crippen LogP contribution in [0.2, 0.25) is 0 Å². The predicted octanol–water partition coefficient (Wildman–Crippen LogP) is 4.22. The number of benzene rings is 2. The second kappa shape index (κ2) is 7.10. The summed E-state index contributed by atoms with van der Waals surface area (Å²) in [5.74, 6) is 1.87. The van der Waals surface area contributed by atoms with Crippen LogP contribution >= 0.6 is 0 Å². The second-order valence-electron chi connectivity index (χ2n) is 6.71. The Labute approximate surface area is 144 Å². The summed E-state index contributed by atoms with van der Waals surface area (Å²) in [5, 5.41) is 3.47. The van der Waals surface area contributed by atoms with Crippen LogP contribution in [0.3, 0.4) is 0 Å². The van der Waals surface area contributed by atoms with E-state index in [4.69, 9.17) is 9.47 Å². The first-order chi connectivity index (χ1) is 11.5. The van der Waals surface area contributed by atoms with Gasteiger partial charge < -0.3 is 14.8 Å². The number of ether oxygens (including phenoxy) is 2. The number of fused-ring (bicyclic) bond motifs is 1. The monoisotopic (exact) mass is 323 g/mol. The summed E-state index contributed by atoms with van der Waals surface area (Å²) in [4.78, 5) is 0. The first-order valence-corrected chi connectivity index (χ1v) is 8.44. The standard InChI is InChI=1S/C21H25NO2/c1-16-9-10-20-19(13-16)17(14-21(2,3)24-20)15-22-11-12-23-18-7-5-4-6-8-18/h4-10,13-14,22H,11-12,15H2,1-3H3. The van der Waals surface area contributed by atoms with E-state index in [0.717, 1.165) is 24.6 Å². The van der Waals surface area contributed by atoms with Crippen molar-refractivity contribution in [3.63, 3.8) is 0 Å². The average molecular weight is 323 g/mol. The lowest BCUT2D eigenvalue weighted by Crippen LogP contribution is -2.32. The van der Waals surface area contributed by atoms with E-state index in [-0.39, 0.29) is 5.60 Å². The number of aryl methyl sites for hydroxylation is 1. The number of para-hydroxylation sites is 1. The molecule has 0 amide bonds. The molecule has 1 N–H and O–H groups in total. The molecule has 0 saturated carbocycles. The Hall–Kier alpha value is -2.26. The zero-order valence-corrected chi connectivity index (χ0v) is 14.6. The van der Waals surface area contributed by atoms with E-state index in [0.29, 0.717) is 6.61 Å². The molecular weight excluding hydrogens is 298 g/mol. The maximum atomic E-state index is 6.06. The molecule has 1 heterocycles. The maximum absolute atomic E-state index is 6.06. The van der Waals surface area contributed by atoms with Crippen molar-refractivity contribution in [3.8, 4) is 11.5 Å². The van der Waals surface area contributed by atoms with Gasteiger partial charge in [-0.05, 0) is 56.7 Å². The molecule has 2 aromatic rings. The lowest BCUT2D eigenvalue weighted by Gasteiger charge is -2.31. The minimum atomic E-state index is -0.278. The normalized spacial score (nSPS) is 15.2. The molecule has 24 heavy (non-hydrogen) atoms. The highest BCUT2D eigenvalue weighted by Crippen LogP contribution is 2.36. The summed E-state index contributed by atoms with van der Waals surface area (Å²) in [5.41, 5.74) is 3.44. The lowest BCUT2D eigenvalue weighted by atomic mass is 9.93. The molecule has 0 aromatic heterocycles. The molecule has 126 valence electrons. The molecular formula is C21H25NO2. The number of hydrogen-bond donors (Lipinski definition) is 1. The molecule has 0 spiro atoms. The first-order valence-electron chi connectivity index (χ1n) is 8.44. The molecule has 1 aliphatic rings. The predicted molar refractivity (Wildman–Crippen MR) is 98.7 cm³/mol. The fourth-order valence-corrected chi connectivity index (χ4v) is 2.92. The van der Waals surface area contributed by atoms with E-state index >= 15 is 0 Å². The zero-order chi connectivity index (χ0) is 17.0. The van der Waals surface area contributed by atoms with E-state index in [1.54, 1.807) is 0 Å². The van der Waals surface area contributed by atoms with Gasteiger partial charge in [-0.1, -0.05) is 29.8 Å². The Morgan fingerprint density at radius 3 is 2.67 bits per heavy atom. The number of hydrogen-bond acceptors (Lipinski definition) is 3. The van der Waals surface area contributed by atoms with Gasteiger partial charge in [0.1, 0.15) is 23.7 Å². The largest absolute Gasteiger partial charge is 0.492 e. The highest BCUT2D eigenvalue weighted by atomic mass is 16.5. The van der Waals surface area contributed by atoms with Crippen molar-refractivity contribution in [2.45, 2.75) is 26.4 Å². The van der Waals surface area contributed by atoms with Crippen LogP contribution in [0.4, 0.5) is 0 Å². The highest BCUT2D eigenvalue weighted by Gasteiger charge is 2.26. The van der Waals surface area contributed by atoms with Crippen molar-refractivity contribution >= 4 is 5.57 Å². The van der Waals surface area contributed by atoms with Gasteiger partial charge in [-0.15, -0.1) is 0 Å². The molecule has 0 saturated heterocycles. The van der Waals surface area contributed by atoms with Gasteiger partial charge in [-0.3, -0.25) is 0 Å². The van der Waals surface area contributed by atoms with Gasteiger partial charge in [0.15, 0.2) is 0 Å². The van der Waals surface area contributed by atoms with Crippen molar-refractivity contribution in [1.29, 1.82) is 0 Å². The third-order valence-electron chi connectivity index (χ3n) is 3.98. The molecule has 1 aliphatic heterocycles. The Balaban J connectivity index is 1.58. The summed E-state index contributed by atoms with van der Waals surface area (Å²) >= 11 is 0. The van der Waals surface area contributed by atoms with E-state index in [1.807, 2.05) is 30.3 Å². The van der Waals surface area contributed by atoms with E-state index < -0.39 is 0 Å². The minimum Gasteiger partial charge on any atom is -0.492 e. The Bertz CT molecular complexity index is 720. The smallest absolute Gasteiger partial charge is 0.128 e. The molecule has 0 bridgehead atoms. The fourth-order valence-electron chi connectivity index (χ4n) is 2.92. The van der Waals surface area contributed by atoms with Crippen LogP contribution in [0.25, 0.3) is 5.57 Å². The molecule has 3 heteroatoms. The summed E-state index contributed by atoms with van der Waals surface area (Å²) in [7, 11) is 0. The van der Waals surface area contributed by atoms with Crippen LogP contribution in [-0.4, -0.2) is 25.3 Å². The molecule has 0 atom stereocenters. The third kappa shape index (κ3) is 4.18. The molecule has 3 nitrogen and oxygen atoms in total. The molecule has 3 rings (SSSR count). The van der Waals surface area contributed by atoms with E-state index in [1.165, 1.54) is 16.7 Å². The first kappa shape index (κ1) is 16.6. The summed E-state index contributed by atoms with van der Waals surface area (Å²) in [6.45, 7) is 8.55. The Morgan fingerprint density at radius 1 is 1.08 bits per heavy atom. The fraction of sp³-hybridized carbons (Fsp3) is 0.333. The van der Waals surface area contributed by atoms with Crippen LogP contribution in [0.15, 0.2) is 54.6 Å². The van der Waals surface area contributed by atoms with Crippen LogP contribution in [0.1, 0.15) is 25.0 Å². The van der Waals surface area contributed by atoms with Crippen molar-refractivity contribution in [3.05, 3.63) is 65.7 Å². The Morgan fingerprint density at radius 2 is 1.88 bits per heavy atom. The quantitative estimate of drug-likeness (QED) is 0.808. The van der Waals surface area contributed by atoms with E-state index in [2.05, 4.69) is 50.4 Å². The molecule has 2 aromatic carbocycles. The summed E-state index contributed by atoms with van der Waals surface area (Å²) in [6, 6.07) is 16.3. The van der Waals surface area contributed by atoms with Gasteiger partial charge >= 0.3 is 0 Å². The maximum Gasteiger partial charge on any atom is 0.128 e. The van der Waals surface area contributed by atoms with Gasteiger partial charge in [0.25, 0.3) is 0 Å². The summed E-state index contributed by atoms with van der Waals surface area (Å²) < 4.78 is 11.8. The number of nitrogens with one attached hydrogen (secondary N) is 1. The SMILES string of the molecule is Cc1ccc2c(c1)C(CNCCOc1ccccc1)=CC(C)(C)O2. The lowest BCUT2D eigenvalue weighted by molar-refractivity contribution is 0.157. The second-order valence-corrected chi connectivity index (χ2v) is 6.71. The summed E-state index contributed by atoms with van der Waals surface area (Å²) in [6.07, 6.45) is 2.21. The molecule has 0 radical (unpaired) electrons. The molecule has 0 fully saturated rings. The van der Waals surface area contributed by atoms with Crippen LogP contribution in [0, 0.1) is 6.92 Å². The Kier molecular flexibility index (Phi) is 4.91. The minimum absolute atomic E-state index is 0.278. The van der Waals surface area contributed by atoms with Crippen molar-refractivity contribution < 1.29 is 9.47 Å². The van der Waals surface area contributed by atoms with Crippen LogP contribution in [-0.2, 0) is 0 Å². The van der Waals surface area contributed by atoms with Crippen molar-refractivity contribution in [2.24, 2.45) is 0 Å².